The molecule has 1 aliphatic heterocycles. The summed E-state index contributed by atoms with van der Waals surface area (Å²) in [6.07, 6.45) is 1.09. The normalized spacial score (nSPS) is 18.5. The predicted octanol–water partition coefficient (Wildman–Crippen LogP) is 3.93. The number of hydrogen-bond donors (Lipinski definition) is 0. The van der Waals surface area contributed by atoms with Crippen molar-refractivity contribution in [2.75, 3.05) is 13.1 Å². The van der Waals surface area contributed by atoms with Crippen LogP contribution in [0.4, 0.5) is 13.2 Å². The molecular weight excluding hydrogens is 315 g/mol. The lowest BCUT2D eigenvalue weighted by molar-refractivity contribution is -0.137. The van der Waals surface area contributed by atoms with E-state index in [1.807, 2.05) is 6.20 Å². The maximum absolute atomic E-state index is 12.7. The van der Waals surface area contributed by atoms with E-state index in [2.05, 4.69) is 14.9 Å². The molecule has 1 aromatic heterocycles. The number of hydrogen-bond acceptors (Lipinski definition) is 3. The van der Waals surface area contributed by atoms with Gasteiger partial charge in [0.25, 0.3) is 0 Å². The Morgan fingerprint density at radius 3 is 2.54 bits per heavy atom. The molecule has 0 radical (unpaired) electrons. The molecule has 1 fully saturated rings. The fourth-order valence-corrected chi connectivity index (χ4v) is 3.13. The van der Waals surface area contributed by atoms with Gasteiger partial charge in [-0.3, -0.25) is 4.90 Å². The van der Waals surface area contributed by atoms with Crippen molar-refractivity contribution in [3.63, 3.8) is 0 Å². The summed E-state index contributed by atoms with van der Waals surface area (Å²) >= 11 is 0. The van der Waals surface area contributed by atoms with Crippen molar-refractivity contribution in [2.24, 2.45) is 5.92 Å². The zero-order valence-electron chi connectivity index (χ0n) is 13.2. The molecule has 0 bridgehead atoms. The highest BCUT2D eigenvalue weighted by Gasteiger charge is 2.30. The smallest absolute Gasteiger partial charge is 0.297 e. The first-order chi connectivity index (χ1) is 11.5. The standard InChI is InChI=1S/C18H18F3N3/c19-18(20,21)15-5-3-13(4-6-15)17-22-9-14-7-8-24(10-12-1-2-12)11-16(14)23-17/h3-6,9,12H,1-2,7-8,10-11H2. The summed E-state index contributed by atoms with van der Waals surface area (Å²) in [5, 5.41) is 0. The van der Waals surface area contributed by atoms with Crippen molar-refractivity contribution < 1.29 is 13.2 Å². The van der Waals surface area contributed by atoms with Crippen LogP contribution < -0.4 is 0 Å². The van der Waals surface area contributed by atoms with Gasteiger partial charge in [-0.25, -0.2) is 9.97 Å². The first kappa shape index (κ1) is 15.6. The molecule has 0 saturated heterocycles. The van der Waals surface area contributed by atoms with Gasteiger partial charge in [0.05, 0.1) is 11.3 Å². The minimum absolute atomic E-state index is 0.496. The second kappa shape index (κ2) is 5.84. The Morgan fingerprint density at radius 2 is 1.88 bits per heavy atom. The highest BCUT2D eigenvalue weighted by Crippen LogP contribution is 2.32. The lowest BCUT2D eigenvalue weighted by Gasteiger charge is -2.27. The number of alkyl halides is 3. The Bertz CT molecular complexity index is 736. The van der Waals surface area contributed by atoms with E-state index in [9.17, 15) is 13.2 Å². The van der Waals surface area contributed by atoms with E-state index in [1.165, 1.54) is 25.0 Å². The zero-order chi connectivity index (χ0) is 16.7. The monoisotopic (exact) mass is 333 g/mol. The van der Waals surface area contributed by atoms with Gasteiger partial charge in [-0.1, -0.05) is 12.1 Å². The van der Waals surface area contributed by atoms with Crippen LogP contribution in [0.15, 0.2) is 30.5 Å². The molecule has 6 heteroatoms. The SMILES string of the molecule is FC(F)(F)c1ccc(-c2ncc3c(n2)CN(CC2CC2)CC3)cc1. The van der Waals surface area contributed by atoms with Gasteiger partial charge in [0.2, 0.25) is 0 Å². The number of halogens is 3. The maximum Gasteiger partial charge on any atom is 0.416 e. The summed E-state index contributed by atoms with van der Waals surface area (Å²) in [5.74, 6) is 1.33. The highest BCUT2D eigenvalue weighted by molar-refractivity contribution is 5.56. The molecule has 2 aromatic rings. The molecule has 1 saturated carbocycles. The molecule has 0 unspecified atom stereocenters. The summed E-state index contributed by atoms with van der Waals surface area (Å²) in [5.41, 5.74) is 2.12. The lowest BCUT2D eigenvalue weighted by atomic mass is 10.1. The Kier molecular flexibility index (Phi) is 3.79. The van der Waals surface area contributed by atoms with E-state index in [4.69, 9.17) is 0 Å². The van der Waals surface area contributed by atoms with Crippen LogP contribution in [0, 0.1) is 5.92 Å². The van der Waals surface area contributed by atoms with E-state index in [0.717, 1.165) is 55.4 Å². The molecule has 0 atom stereocenters. The first-order valence-electron chi connectivity index (χ1n) is 8.24. The molecule has 1 aromatic carbocycles. The van der Waals surface area contributed by atoms with Crippen molar-refractivity contribution in [3.8, 4) is 11.4 Å². The Labute approximate surface area is 138 Å². The van der Waals surface area contributed by atoms with Gasteiger partial charge in [0.1, 0.15) is 0 Å². The van der Waals surface area contributed by atoms with Crippen LogP contribution in [0.25, 0.3) is 11.4 Å². The molecule has 24 heavy (non-hydrogen) atoms. The van der Waals surface area contributed by atoms with Gasteiger partial charge < -0.3 is 0 Å². The third-order valence-corrected chi connectivity index (χ3v) is 4.71. The summed E-state index contributed by atoms with van der Waals surface area (Å²) in [7, 11) is 0. The molecule has 4 rings (SSSR count). The largest absolute Gasteiger partial charge is 0.416 e. The molecule has 1 aliphatic carbocycles. The number of fused-ring (bicyclic) bond motifs is 1. The van der Waals surface area contributed by atoms with E-state index < -0.39 is 11.7 Å². The minimum Gasteiger partial charge on any atom is -0.297 e. The molecule has 126 valence electrons. The van der Waals surface area contributed by atoms with Crippen LogP contribution in [-0.4, -0.2) is 28.0 Å². The summed E-state index contributed by atoms with van der Waals surface area (Å²) < 4.78 is 38.0. The summed E-state index contributed by atoms with van der Waals surface area (Å²) in [4.78, 5) is 11.4. The third-order valence-electron chi connectivity index (χ3n) is 4.71. The second-order valence-electron chi connectivity index (χ2n) is 6.67. The van der Waals surface area contributed by atoms with Crippen LogP contribution >= 0.6 is 0 Å². The average Bonchev–Trinajstić information content (AvgIpc) is 3.37. The second-order valence-corrected chi connectivity index (χ2v) is 6.67. The first-order valence-corrected chi connectivity index (χ1v) is 8.24. The molecule has 2 aliphatic rings. The Hall–Kier alpha value is -1.95. The van der Waals surface area contributed by atoms with Crippen LogP contribution in [0.3, 0.4) is 0 Å². The number of nitrogens with zero attached hydrogens (tertiary/aromatic N) is 3. The quantitative estimate of drug-likeness (QED) is 0.852. The zero-order valence-corrected chi connectivity index (χ0v) is 13.2. The maximum atomic E-state index is 12.7. The van der Waals surface area contributed by atoms with Crippen LogP contribution in [0.2, 0.25) is 0 Å². The molecule has 0 amide bonds. The minimum atomic E-state index is -4.32. The van der Waals surface area contributed by atoms with Crippen LogP contribution in [0.1, 0.15) is 29.7 Å². The molecule has 3 nitrogen and oxygen atoms in total. The lowest BCUT2D eigenvalue weighted by Crippen LogP contribution is -2.33. The van der Waals surface area contributed by atoms with Gasteiger partial charge in [-0.05, 0) is 42.9 Å². The number of rotatable bonds is 3. The molecule has 0 spiro atoms. The van der Waals surface area contributed by atoms with Gasteiger partial charge in [0, 0.05) is 31.4 Å². The van der Waals surface area contributed by atoms with E-state index >= 15 is 0 Å². The summed E-state index contributed by atoms with van der Waals surface area (Å²) in [6.45, 7) is 2.97. The van der Waals surface area contributed by atoms with Gasteiger partial charge in [-0.15, -0.1) is 0 Å². The van der Waals surface area contributed by atoms with Crippen molar-refractivity contribution in [1.29, 1.82) is 0 Å². The van der Waals surface area contributed by atoms with Crippen molar-refractivity contribution in [1.82, 2.24) is 14.9 Å². The molecular formula is C18H18F3N3. The van der Waals surface area contributed by atoms with Gasteiger partial charge in [-0.2, -0.15) is 13.2 Å². The highest BCUT2D eigenvalue weighted by atomic mass is 19.4. The van der Waals surface area contributed by atoms with E-state index in [-0.39, 0.29) is 0 Å². The Morgan fingerprint density at radius 1 is 1.12 bits per heavy atom. The topological polar surface area (TPSA) is 29.0 Å². The van der Waals surface area contributed by atoms with Crippen LogP contribution in [-0.2, 0) is 19.1 Å². The van der Waals surface area contributed by atoms with Crippen LogP contribution in [0.5, 0.6) is 0 Å². The number of aromatic nitrogens is 2. The molecule has 0 N–H and O–H groups in total. The number of benzene rings is 1. The Balaban J connectivity index is 1.56. The third kappa shape index (κ3) is 3.29. The van der Waals surface area contributed by atoms with Gasteiger partial charge in [0.15, 0.2) is 5.82 Å². The fraction of sp³-hybridized carbons (Fsp3) is 0.444. The van der Waals surface area contributed by atoms with E-state index in [0.29, 0.717) is 11.4 Å². The predicted molar refractivity (Wildman–Crippen MR) is 84.2 cm³/mol. The van der Waals surface area contributed by atoms with E-state index in [1.54, 1.807) is 0 Å². The molecule has 2 heterocycles. The van der Waals surface area contributed by atoms with Crippen molar-refractivity contribution >= 4 is 0 Å². The fourth-order valence-electron chi connectivity index (χ4n) is 3.13. The summed E-state index contributed by atoms with van der Waals surface area (Å²) in [6, 6.07) is 5.04. The average molecular weight is 333 g/mol. The van der Waals surface area contributed by atoms with Gasteiger partial charge >= 0.3 is 6.18 Å². The van der Waals surface area contributed by atoms with Crippen molar-refractivity contribution in [2.45, 2.75) is 32.0 Å². The van der Waals surface area contributed by atoms with Crippen molar-refractivity contribution in [3.05, 3.63) is 47.3 Å².